The fraction of sp³-hybridized carbons (Fsp3) is 0.300. The number of pyridine rings is 1. The second kappa shape index (κ2) is 3.34. The third-order valence-corrected chi connectivity index (χ3v) is 2.53. The summed E-state index contributed by atoms with van der Waals surface area (Å²) in [5.74, 6) is -1.72. The predicted molar refractivity (Wildman–Crippen MR) is 51.7 cm³/mol. The van der Waals surface area contributed by atoms with Crippen LogP contribution in [0.15, 0.2) is 6.07 Å². The van der Waals surface area contributed by atoms with Crippen LogP contribution in [0.25, 0.3) is 0 Å². The van der Waals surface area contributed by atoms with Gasteiger partial charge in [-0.15, -0.1) is 0 Å². The quantitative estimate of drug-likeness (QED) is 0.730. The molecule has 1 aromatic rings. The zero-order valence-electron chi connectivity index (χ0n) is 7.99. The minimum Gasteiger partial charge on any atom is -0.478 e. The van der Waals surface area contributed by atoms with Crippen LogP contribution >= 0.6 is 0 Å². The minimum atomic E-state index is -1.03. The summed E-state index contributed by atoms with van der Waals surface area (Å²) < 4.78 is 0. The van der Waals surface area contributed by atoms with E-state index in [2.05, 4.69) is 4.98 Å². The number of hydrogen-bond donors (Lipinski definition) is 2. The average molecular weight is 206 g/mol. The molecule has 1 amide bonds. The standard InChI is InChI=1S/C10H10N2O3/c11-9(13)8-4-6(10(14)15)5-2-1-3-7(5)12-8/h4H,1-3H2,(H2,11,13)(H,14,15). The molecule has 0 aromatic carbocycles. The van der Waals surface area contributed by atoms with Crippen LogP contribution in [0.5, 0.6) is 0 Å². The van der Waals surface area contributed by atoms with Gasteiger partial charge in [-0.1, -0.05) is 0 Å². The van der Waals surface area contributed by atoms with Gasteiger partial charge in [-0.3, -0.25) is 4.79 Å². The average Bonchev–Trinajstić information content (AvgIpc) is 2.62. The summed E-state index contributed by atoms with van der Waals surface area (Å²) in [4.78, 5) is 26.0. The van der Waals surface area contributed by atoms with Gasteiger partial charge in [0.15, 0.2) is 0 Å². The van der Waals surface area contributed by atoms with Crippen molar-refractivity contribution in [3.05, 3.63) is 28.6 Å². The lowest BCUT2D eigenvalue weighted by Gasteiger charge is -2.05. The molecule has 0 unspecified atom stereocenters. The van der Waals surface area contributed by atoms with Gasteiger partial charge < -0.3 is 10.8 Å². The second-order valence-corrected chi connectivity index (χ2v) is 3.50. The lowest BCUT2D eigenvalue weighted by atomic mass is 10.1. The molecule has 3 N–H and O–H groups in total. The highest BCUT2D eigenvalue weighted by Crippen LogP contribution is 2.24. The largest absolute Gasteiger partial charge is 0.478 e. The third-order valence-electron chi connectivity index (χ3n) is 2.53. The first kappa shape index (κ1) is 9.64. The molecule has 0 atom stereocenters. The first-order chi connectivity index (χ1) is 7.09. The van der Waals surface area contributed by atoms with E-state index in [0.29, 0.717) is 12.1 Å². The van der Waals surface area contributed by atoms with Gasteiger partial charge in [-0.25, -0.2) is 9.78 Å². The molecule has 1 aromatic heterocycles. The first-order valence-corrected chi connectivity index (χ1v) is 4.65. The van der Waals surface area contributed by atoms with Gasteiger partial charge in [0.1, 0.15) is 5.69 Å². The molecule has 5 heteroatoms. The smallest absolute Gasteiger partial charge is 0.336 e. The molecule has 2 rings (SSSR count). The molecule has 0 spiro atoms. The van der Waals surface area contributed by atoms with Gasteiger partial charge >= 0.3 is 5.97 Å². The highest BCUT2D eigenvalue weighted by atomic mass is 16.4. The maximum atomic E-state index is 11.0. The van der Waals surface area contributed by atoms with E-state index in [4.69, 9.17) is 10.8 Å². The Balaban J connectivity index is 2.62. The summed E-state index contributed by atoms with van der Waals surface area (Å²) in [7, 11) is 0. The molecule has 0 bridgehead atoms. The molecule has 0 saturated heterocycles. The molecule has 0 aliphatic heterocycles. The number of aryl methyl sites for hydroxylation is 1. The zero-order chi connectivity index (χ0) is 11.0. The topological polar surface area (TPSA) is 93.3 Å². The number of aromatic carboxylic acids is 1. The van der Waals surface area contributed by atoms with Gasteiger partial charge in [-0.2, -0.15) is 0 Å². The maximum Gasteiger partial charge on any atom is 0.336 e. The number of carbonyl (C=O) groups excluding carboxylic acids is 1. The highest BCUT2D eigenvalue weighted by molar-refractivity contribution is 5.96. The lowest BCUT2D eigenvalue weighted by Crippen LogP contribution is -2.16. The molecular weight excluding hydrogens is 196 g/mol. The Bertz CT molecular complexity index is 454. The molecule has 1 heterocycles. The first-order valence-electron chi connectivity index (χ1n) is 4.65. The summed E-state index contributed by atoms with van der Waals surface area (Å²) in [6.45, 7) is 0. The number of nitrogens with two attached hydrogens (primary N) is 1. The monoisotopic (exact) mass is 206 g/mol. The van der Waals surface area contributed by atoms with Crippen molar-refractivity contribution in [3.8, 4) is 0 Å². The molecule has 1 aliphatic carbocycles. The Morgan fingerprint density at radius 3 is 2.73 bits per heavy atom. The number of carboxylic acid groups (broad SMARTS) is 1. The number of primary amides is 1. The van der Waals surface area contributed by atoms with Crippen LogP contribution in [-0.2, 0) is 12.8 Å². The van der Waals surface area contributed by atoms with Crippen LogP contribution in [0.4, 0.5) is 0 Å². The van der Waals surface area contributed by atoms with Crippen molar-refractivity contribution in [3.63, 3.8) is 0 Å². The molecule has 0 saturated carbocycles. The lowest BCUT2D eigenvalue weighted by molar-refractivity contribution is 0.0695. The van der Waals surface area contributed by atoms with E-state index in [1.807, 2.05) is 0 Å². The zero-order valence-corrected chi connectivity index (χ0v) is 7.99. The van der Waals surface area contributed by atoms with Crippen LogP contribution in [0.3, 0.4) is 0 Å². The summed E-state index contributed by atoms with van der Waals surface area (Å²) in [6.07, 6.45) is 2.31. The molecule has 0 fully saturated rings. The minimum absolute atomic E-state index is 0.0352. The molecule has 0 radical (unpaired) electrons. The van der Waals surface area contributed by atoms with Crippen molar-refractivity contribution < 1.29 is 14.7 Å². The molecule has 78 valence electrons. The molecule has 1 aliphatic rings. The fourth-order valence-electron chi connectivity index (χ4n) is 1.86. The molecule has 5 nitrogen and oxygen atoms in total. The molecule has 15 heavy (non-hydrogen) atoms. The number of hydrogen-bond acceptors (Lipinski definition) is 3. The van der Waals surface area contributed by atoms with Gasteiger partial charge in [-0.05, 0) is 30.9 Å². The Morgan fingerprint density at radius 1 is 1.40 bits per heavy atom. The third kappa shape index (κ3) is 1.56. The van der Waals surface area contributed by atoms with E-state index in [1.165, 1.54) is 6.07 Å². The Morgan fingerprint density at radius 2 is 2.13 bits per heavy atom. The van der Waals surface area contributed by atoms with Crippen LogP contribution < -0.4 is 5.73 Å². The van der Waals surface area contributed by atoms with Crippen molar-refractivity contribution >= 4 is 11.9 Å². The van der Waals surface area contributed by atoms with Crippen LogP contribution in [-0.4, -0.2) is 22.0 Å². The van der Waals surface area contributed by atoms with Crippen LogP contribution in [0.1, 0.15) is 38.5 Å². The van der Waals surface area contributed by atoms with Crippen molar-refractivity contribution in [2.24, 2.45) is 5.73 Å². The number of fused-ring (bicyclic) bond motifs is 1. The SMILES string of the molecule is NC(=O)c1cc(C(=O)O)c2c(n1)CCC2. The maximum absolute atomic E-state index is 11.0. The summed E-state index contributed by atoms with van der Waals surface area (Å²) in [5.41, 5.74) is 6.72. The van der Waals surface area contributed by atoms with Gasteiger partial charge in [0.05, 0.1) is 5.56 Å². The number of rotatable bonds is 2. The predicted octanol–water partition coefficient (Wildman–Crippen LogP) is 0.367. The van der Waals surface area contributed by atoms with Gasteiger partial charge in [0, 0.05) is 5.69 Å². The fourth-order valence-corrected chi connectivity index (χ4v) is 1.86. The summed E-state index contributed by atoms with van der Waals surface area (Å²) in [5, 5.41) is 8.98. The van der Waals surface area contributed by atoms with Gasteiger partial charge in [0.25, 0.3) is 5.91 Å². The summed E-state index contributed by atoms with van der Waals surface area (Å²) in [6, 6.07) is 1.26. The van der Waals surface area contributed by atoms with Gasteiger partial charge in [0.2, 0.25) is 0 Å². The van der Waals surface area contributed by atoms with E-state index < -0.39 is 11.9 Å². The Labute approximate surface area is 85.9 Å². The van der Waals surface area contributed by atoms with Crippen LogP contribution in [0.2, 0.25) is 0 Å². The number of aromatic nitrogens is 1. The van der Waals surface area contributed by atoms with Crippen molar-refractivity contribution in [2.75, 3.05) is 0 Å². The number of nitrogens with zero attached hydrogens (tertiary/aromatic N) is 1. The highest BCUT2D eigenvalue weighted by Gasteiger charge is 2.22. The van der Waals surface area contributed by atoms with E-state index in [0.717, 1.165) is 18.4 Å². The second-order valence-electron chi connectivity index (χ2n) is 3.50. The molecular formula is C10H10N2O3. The van der Waals surface area contributed by atoms with E-state index >= 15 is 0 Å². The normalized spacial score (nSPS) is 13.6. The van der Waals surface area contributed by atoms with E-state index in [1.54, 1.807) is 0 Å². The van der Waals surface area contributed by atoms with E-state index in [9.17, 15) is 9.59 Å². The Hall–Kier alpha value is -1.91. The number of carbonyl (C=O) groups is 2. The van der Waals surface area contributed by atoms with Crippen LogP contribution in [0, 0.1) is 0 Å². The van der Waals surface area contributed by atoms with Crippen molar-refractivity contribution in [1.82, 2.24) is 4.98 Å². The van der Waals surface area contributed by atoms with E-state index in [-0.39, 0.29) is 11.3 Å². The number of amides is 1. The number of carboxylic acids is 1. The Kier molecular flexibility index (Phi) is 2.15. The van der Waals surface area contributed by atoms with Crippen molar-refractivity contribution in [2.45, 2.75) is 19.3 Å². The summed E-state index contributed by atoms with van der Waals surface area (Å²) >= 11 is 0. The van der Waals surface area contributed by atoms with Crippen molar-refractivity contribution in [1.29, 1.82) is 0 Å².